The third-order valence-corrected chi connectivity index (χ3v) is 5.19. The van der Waals surface area contributed by atoms with Gasteiger partial charge in [-0.05, 0) is 44.4 Å². The van der Waals surface area contributed by atoms with Crippen LogP contribution in [0.1, 0.15) is 53.1 Å². The molecular weight excluding hydrogens is 386 g/mol. The maximum absolute atomic E-state index is 13.2. The number of carbonyl (C=O) groups excluding carboxylic acids is 1. The van der Waals surface area contributed by atoms with Crippen molar-refractivity contribution < 1.29 is 13.7 Å². The summed E-state index contributed by atoms with van der Waals surface area (Å²) < 4.78 is 11.9. The molecule has 130 valence electrons. The molecule has 1 aromatic carbocycles. The van der Waals surface area contributed by atoms with E-state index in [1.54, 1.807) is 6.92 Å². The number of likely N-dealkylation sites (tertiary alicyclic amines) is 1. The summed E-state index contributed by atoms with van der Waals surface area (Å²) in [5.74, 6) is 1.36. The number of rotatable bonds is 2. The fourth-order valence-electron chi connectivity index (χ4n) is 3.42. The number of piperidine rings is 1. The van der Waals surface area contributed by atoms with Crippen molar-refractivity contribution in [3.63, 3.8) is 0 Å². The number of nitrogens with zero attached hydrogens (tertiary/aromatic N) is 3. The van der Waals surface area contributed by atoms with Crippen molar-refractivity contribution in [2.45, 2.75) is 39.2 Å². The number of aromatic nitrogens is 2. The molecule has 0 bridgehead atoms. The highest BCUT2D eigenvalue weighted by atomic mass is 79.9. The Balaban J connectivity index is 1.72. The third-order valence-electron chi connectivity index (χ3n) is 4.70. The minimum Gasteiger partial charge on any atom is -0.451 e. The lowest BCUT2D eigenvalue weighted by Crippen LogP contribution is -2.39. The standard InChI is InChI=1S/C18H18BrN3O3/c1-10-13-9-12(19)6-7-15(13)24-16(10)18(23)22-8-4-3-5-14(22)17-20-11(2)25-21-17/h6-7,9,14H,3-5,8H2,1-2H3. The van der Waals surface area contributed by atoms with Gasteiger partial charge in [0.1, 0.15) is 5.58 Å². The average Bonchev–Trinajstić information content (AvgIpc) is 3.18. The zero-order valence-corrected chi connectivity index (χ0v) is 15.7. The predicted octanol–water partition coefficient (Wildman–Crippen LogP) is 4.56. The molecule has 1 amide bonds. The van der Waals surface area contributed by atoms with E-state index in [1.807, 2.05) is 30.0 Å². The van der Waals surface area contributed by atoms with Crippen molar-refractivity contribution in [3.8, 4) is 0 Å². The number of hydrogen-bond acceptors (Lipinski definition) is 5. The molecule has 25 heavy (non-hydrogen) atoms. The molecule has 7 heteroatoms. The number of aryl methyl sites for hydroxylation is 2. The molecule has 3 aromatic rings. The Bertz CT molecular complexity index is 946. The number of fused-ring (bicyclic) bond motifs is 1. The van der Waals surface area contributed by atoms with Gasteiger partial charge in [0, 0.05) is 28.9 Å². The van der Waals surface area contributed by atoms with Gasteiger partial charge in [-0.3, -0.25) is 4.79 Å². The highest BCUT2D eigenvalue weighted by Crippen LogP contribution is 2.34. The molecule has 3 heterocycles. The van der Waals surface area contributed by atoms with Crippen molar-refractivity contribution in [3.05, 3.63) is 45.7 Å². The summed E-state index contributed by atoms with van der Waals surface area (Å²) in [6, 6.07) is 5.59. The molecule has 1 unspecified atom stereocenters. The summed E-state index contributed by atoms with van der Waals surface area (Å²) in [5.41, 5.74) is 1.57. The lowest BCUT2D eigenvalue weighted by Gasteiger charge is -2.33. The highest BCUT2D eigenvalue weighted by molar-refractivity contribution is 9.10. The Morgan fingerprint density at radius 3 is 2.92 bits per heavy atom. The van der Waals surface area contributed by atoms with E-state index >= 15 is 0 Å². The molecule has 0 radical (unpaired) electrons. The van der Waals surface area contributed by atoms with Crippen LogP contribution < -0.4 is 0 Å². The molecule has 0 spiro atoms. The van der Waals surface area contributed by atoms with Crippen LogP contribution in [0.25, 0.3) is 11.0 Å². The Hall–Kier alpha value is -2.15. The van der Waals surface area contributed by atoms with E-state index in [9.17, 15) is 4.79 Å². The van der Waals surface area contributed by atoms with Crippen LogP contribution in [-0.4, -0.2) is 27.5 Å². The summed E-state index contributed by atoms with van der Waals surface area (Å²) in [5, 5.41) is 4.97. The number of benzene rings is 1. The molecule has 4 rings (SSSR count). The van der Waals surface area contributed by atoms with E-state index in [4.69, 9.17) is 8.94 Å². The van der Waals surface area contributed by atoms with Gasteiger partial charge in [0.2, 0.25) is 5.89 Å². The van der Waals surface area contributed by atoms with Gasteiger partial charge >= 0.3 is 0 Å². The van der Waals surface area contributed by atoms with Gasteiger partial charge in [0.15, 0.2) is 11.6 Å². The van der Waals surface area contributed by atoms with Crippen molar-refractivity contribution in [2.24, 2.45) is 0 Å². The first-order valence-electron chi connectivity index (χ1n) is 8.34. The van der Waals surface area contributed by atoms with Crippen LogP contribution in [0.4, 0.5) is 0 Å². The Labute approximate surface area is 153 Å². The first-order valence-corrected chi connectivity index (χ1v) is 9.13. The van der Waals surface area contributed by atoms with Crippen LogP contribution in [-0.2, 0) is 0 Å². The topological polar surface area (TPSA) is 72.4 Å². The summed E-state index contributed by atoms with van der Waals surface area (Å²) >= 11 is 3.47. The smallest absolute Gasteiger partial charge is 0.290 e. The molecular formula is C18H18BrN3O3. The summed E-state index contributed by atoms with van der Waals surface area (Å²) in [6.07, 6.45) is 2.83. The van der Waals surface area contributed by atoms with Crippen LogP contribution in [0.15, 0.2) is 31.6 Å². The largest absolute Gasteiger partial charge is 0.451 e. The first kappa shape index (κ1) is 16.3. The normalized spacial score (nSPS) is 18.0. The average molecular weight is 404 g/mol. The molecule has 1 fully saturated rings. The van der Waals surface area contributed by atoms with E-state index < -0.39 is 0 Å². The third kappa shape index (κ3) is 2.86. The van der Waals surface area contributed by atoms with Crippen molar-refractivity contribution >= 4 is 32.8 Å². The Morgan fingerprint density at radius 1 is 1.32 bits per heavy atom. The highest BCUT2D eigenvalue weighted by Gasteiger charge is 2.34. The molecule has 1 aliphatic heterocycles. The van der Waals surface area contributed by atoms with E-state index in [-0.39, 0.29) is 11.9 Å². The molecule has 0 aliphatic carbocycles. The molecule has 6 nitrogen and oxygen atoms in total. The number of amides is 1. The summed E-state index contributed by atoms with van der Waals surface area (Å²) in [4.78, 5) is 19.3. The lowest BCUT2D eigenvalue weighted by atomic mass is 10.0. The zero-order chi connectivity index (χ0) is 17.6. The minimum absolute atomic E-state index is 0.114. The molecule has 1 atom stereocenters. The van der Waals surface area contributed by atoms with E-state index in [0.717, 1.165) is 34.7 Å². The minimum atomic E-state index is -0.168. The number of carbonyl (C=O) groups is 1. The zero-order valence-electron chi connectivity index (χ0n) is 14.1. The SMILES string of the molecule is Cc1nc(C2CCCCN2C(=O)c2oc3ccc(Br)cc3c2C)no1. The monoisotopic (exact) mass is 403 g/mol. The first-order chi connectivity index (χ1) is 12.0. The molecule has 0 saturated carbocycles. The van der Waals surface area contributed by atoms with E-state index in [2.05, 4.69) is 26.1 Å². The van der Waals surface area contributed by atoms with Gasteiger partial charge in [0.25, 0.3) is 5.91 Å². The second-order valence-electron chi connectivity index (χ2n) is 6.38. The van der Waals surface area contributed by atoms with Gasteiger partial charge in [-0.2, -0.15) is 4.98 Å². The van der Waals surface area contributed by atoms with Crippen molar-refractivity contribution in [1.82, 2.24) is 15.0 Å². The number of furan rings is 1. The predicted molar refractivity (Wildman–Crippen MR) is 95.3 cm³/mol. The Morgan fingerprint density at radius 2 is 2.16 bits per heavy atom. The second-order valence-corrected chi connectivity index (χ2v) is 7.29. The van der Waals surface area contributed by atoms with Gasteiger partial charge in [0.05, 0.1) is 6.04 Å². The lowest BCUT2D eigenvalue weighted by molar-refractivity contribution is 0.0565. The molecule has 1 saturated heterocycles. The van der Waals surface area contributed by atoms with Crippen molar-refractivity contribution in [2.75, 3.05) is 6.54 Å². The van der Waals surface area contributed by atoms with Gasteiger partial charge in [-0.15, -0.1) is 0 Å². The summed E-state index contributed by atoms with van der Waals surface area (Å²) in [6.45, 7) is 4.34. The fourth-order valence-corrected chi connectivity index (χ4v) is 3.78. The van der Waals surface area contributed by atoms with E-state index in [0.29, 0.717) is 29.6 Å². The van der Waals surface area contributed by atoms with Gasteiger partial charge < -0.3 is 13.8 Å². The van der Waals surface area contributed by atoms with Gasteiger partial charge in [-0.25, -0.2) is 0 Å². The molecule has 1 aliphatic rings. The number of hydrogen-bond donors (Lipinski definition) is 0. The second kappa shape index (κ2) is 6.29. The van der Waals surface area contributed by atoms with Crippen LogP contribution >= 0.6 is 15.9 Å². The quantitative estimate of drug-likeness (QED) is 0.626. The molecule has 0 N–H and O–H groups in total. The van der Waals surface area contributed by atoms with Gasteiger partial charge in [-0.1, -0.05) is 21.1 Å². The number of halogens is 1. The van der Waals surface area contributed by atoms with Crippen molar-refractivity contribution in [1.29, 1.82) is 0 Å². The maximum atomic E-state index is 13.2. The maximum Gasteiger partial charge on any atom is 0.290 e. The van der Waals surface area contributed by atoms with Crippen LogP contribution in [0.5, 0.6) is 0 Å². The Kier molecular flexibility index (Phi) is 4.11. The van der Waals surface area contributed by atoms with E-state index in [1.165, 1.54) is 0 Å². The van der Waals surface area contributed by atoms with Crippen LogP contribution in [0.3, 0.4) is 0 Å². The van der Waals surface area contributed by atoms with Crippen LogP contribution in [0.2, 0.25) is 0 Å². The fraction of sp³-hybridized carbons (Fsp3) is 0.389. The summed E-state index contributed by atoms with van der Waals surface area (Å²) in [7, 11) is 0. The van der Waals surface area contributed by atoms with Crippen LogP contribution in [0, 0.1) is 13.8 Å². The molecule has 2 aromatic heterocycles.